The summed E-state index contributed by atoms with van der Waals surface area (Å²) >= 11 is 0. The third-order valence-corrected chi connectivity index (χ3v) is 15.0. The number of ketones is 1. The number of ether oxygens (including phenoxy) is 8. The number of carbonyl (C=O) groups excluding carboxylic acids is 1. The fraction of sp³-hybridized carbons (Fsp3) is 0.886. The molecule has 316 valence electrons. The Kier molecular flexibility index (Phi) is 12.8. The Morgan fingerprint density at radius 2 is 1.55 bits per heavy atom. The zero-order valence-corrected chi connectivity index (χ0v) is 34.0. The number of carbonyl (C=O) groups is 1. The van der Waals surface area contributed by atoms with Crippen molar-refractivity contribution in [2.45, 2.75) is 195 Å². The number of hydrogen-bond acceptors (Lipinski definition) is 12. The number of hydrogen-bond donors (Lipinski definition) is 3. The van der Waals surface area contributed by atoms with E-state index in [4.69, 9.17) is 37.9 Å². The first-order valence-electron chi connectivity index (χ1n) is 21.8. The van der Waals surface area contributed by atoms with Crippen LogP contribution in [0.15, 0.2) is 24.3 Å². The molecule has 8 rings (SSSR count). The van der Waals surface area contributed by atoms with Gasteiger partial charge in [-0.2, -0.15) is 0 Å². The molecular weight excluding hydrogens is 720 g/mol. The van der Waals surface area contributed by atoms with Crippen molar-refractivity contribution in [3.8, 4) is 0 Å². The van der Waals surface area contributed by atoms with Crippen LogP contribution in [0.5, 0.6) is 0 Å². The predicted octanol–water partition coefficient (Wildman–Crippen LogP) is 4.24. The maximum absolute atomic E-state index is 14.1. The number of aliphatic hydroxyl groups excluding tert-OH is 3. The first-order valence-corrected chi connectivity index (χ1v) is 21.8. The van der Waals surface area contributed by atoms with E-state index in [0.717, 1.165) is 49.7 Å². The second-order valence-electron chi connectivity index (χ2n) is 18.9. The minimum Gasteiger partial charge on any atom is -0.394 e. The molecule has 0 aliphatic carbocycles. The SMILES string of the molecule is C=C1CC2OC1CCC1C[C@@H](C)C(=C)C(C[C@@H]3OC(CC(O)CO)[C@H](OC)C3CC(=O)CC3CCC4O[C@@H]5C(O[C@@H]6CC(C[C@@H]2C)[C@H](O)COC56)C(C)[C@H]4O3)O1. The minimum absolute atomic E-state index is 0.00728. The van der Waals surface area contributed by atoms with Gasteiger partial charge in [-0.3, -0.25) is 4.79 Å². The summed E-state index contributed by atoms with van der Waals surface area (Å²) in [5.74, 6) is 0.326. The maximum Gasteiger partial charge on any atom is 0.135 e. The fourth-order valence-electron chi connectivity index (χ4n) is 11.8. The Hall–Kier alpha value is -1.29. The van der Waals surface area contributed by atoms with Crippen LogP contribution in [-0.2, 0) is 42.7 Å². The number of Topliss-reactive ketones (excluding diaryl/α,β-unsaturated/α-hetero) is 1. The molecule has 21 atom stereocenters. The van der Waals surface area contributed by atoms with Gasteiger partial charge in [0, 0.05) is 44.6 Å². The van der Waals surface area contributed by atoms with Gasteiger partial charge < -0.3 is 53.2 Å². The first kappa shape index (κ1) is 41.4. The lowest BCUT2D eigenvalue weighted by Gasteiger charge is -2.47. The topological polar surface area (TPSA) is 152 Å². The highest BCUT2D eigenvalue weighted by Crippen LogP contribution is 2.47. The third kappa shape index (κ3) is 8.38. The summed E-state index contributed by atoms with van der Waals surface area (Å²) in [4.78, 5) is 14.1. The molecule has 0 spiro atoms. The van der Waals surface area contributed by atoms with E-state index >= 15 is 0 Å². The number of fused-ring (bicyclic) bond motifs is 8. The quantitative estimate of drug-likeness (QED) is 0.350. The molecule has 13 unspecified atom stereocenters. The van der Waals surface area contributed by atoms with Crippen LogP contribution in [-0.4, -0.2) is 139 Å². The highest BCUT2D eigenvalue weighted by molar-refractivity contribution is 5.79. The summed E-state index contributed by atoms with van der Waals surface area (Å²) in [6.07, 6.45) is 3.02. The highest BCUT2D eigenvalue weighted by atomic mass is 16.6. The van der Waals surface area contributed by atoms with Crippen molar-refractivity contribution < 1.29 is 58.0 Å². The van der Waals surface area contributed by atoms with Crippen molar-refractivity contribution in [3.05, 3.63) is 24.3 Å². The van der Waals surface area contributed by atoms with Gasteiger partial charge in [0.1, 0.15) is 18.0 Å². The van der Waals surface area contributed by atoms with Crippen molar-refractivity contribution in [1.82, 2.24) is 0 Å². The molecule has 0 aromatic rings. The molecule has 9 bridgehead atoms. The zero-order chi connectivity index (χ0) is 39.4. The van der Waals surface area contributed by atoms with Crippen molar-refractivity contribution in [1.29, 1.82) is 0 Å². The van der Waals surface area contributed by atoms with Crippen LogP contribution in [0.2, 0.25) is 0 Å². The van der Waals surface area contributed by atoms with E-state index in [2.05, 4.69) is 33.9 Å². The lowest BCUT2D eigenvalue weighted by atomic mass is 9.80. The molecule has 12 nitrogen and oxygen atoms in total. The second-order valence-corrected chi connectivity index (χ2v) is 18.9. The Morgan fingerprint density at radius 1 is 0.768 bits per heavy atom. The van der Waals surface area contributed by atoms with Crippen molar-refractivity contribution >= 4 is 5.78 Å². The average Bonchev–Trinajstić information content (AvgIpc) is 3.79. The largest absolute Gasteiger partial charge is 0.394 e. The van der Waals surface area contributed by atoms with E-state index in [1.54, 1.807) is 7.11 Å². The van der Waals surface area contributed by atoms with Crippen LogP contribution in [0, 0.1) is 29.6 Å². The first-order chi connectivity index (χ1) is 26.9. The molecule has 56 heavy (non-hydrogen) atoms. The Bertz CT molecular complexity index is 1410. The van der Waals surface area contributed by atoms with Gasteiger partial charge in [-0.1, -0.05) is 33.9 Å². The maximum atomic E-state index is 14.1. The van der Waals surface area contributed by atoms with E-state index in [-0.39, 0.29) is 141 Å². The summed E-state index contributed by atoms with van der Waals surface area (Å²) in [5, 5.41) is 31.5. The zero-order valence-electron chi connectivity index (χ0n) is 34.0. The molecule has 12 heteroatoms. The van der Waals surface area contributed by atoms with Crippen LogP contribution in [0.4, 0.5) is 0 Å². The lowest BCUT2D eigenvalue weighted by molar-refractivity contribution is -0.242. The van der Waals surface area contributed by atoms with Crippen LogP contribution in [0.3, 0.4) is 0 Å². The van der Waals surface area contributed by atoms with Gasteiger partial charge in [0.15, 0.2) is 0 Å². The molecule has 8 heterocycles. The molecule has 3 N–H and O–H groups in total. The monoisotopic (exact) mass is 788 g/mol. The fourth-order valence-corrected chi connectivity index (χ4v) is 11.8. The van der Waals surface area contributed by atoms with Gasteiger partial charge >= 0.3 is 0 Å². The summed E-state index contributed by atoms with van der Waals surface area (Å²) < 4.78 is 52.9. The van der Waals surface area contributed by atoms with Gasteiger partial charge in [0.25, 0.3) is 0 Å². The molecule has 8 fully saturated rings. The molecule has 0 saturated carbocycles. The lowest BCUT2D eigenvalue weighted by Crippen LogP contribution is -2.58. The van der Waals surface area contributed by atoms with E-state index < -0.39 is 24.4 Å². The molecule has 0 aromatic carbocycles. The van der Waals surface area contributed by atoms with Gasteiger partial charge in [-0.05, 0) is 80.3 Å². The van der Waals surface area contributed by atoms with Gasteiger partial charge in [-0.15, -0.1) is 0 Å². The summed E-state index contributed by atoms with van der Waals surface area (Å²) in [6.45, 7) is 15.4. The van der Waals surface area contributed by atoms with E-state index in [1.807, 2.05) is 0 Å². The number of rotatable bonds is 4. The predicted molar refractivity (Wildman–Crippen MR) is 205 cm³/mol. The standard InChI is InChI=1S/C44H68O12/c1-21-12-29-7-9-33-23(3)13-35(53-33)22(2)11-26-14-38-43(50-20-32(26)48)44-41(56-38)25(5)40-34(55-44)10-8-30(52-40)15-27(46)16-31-37(18-36(51-29)24(21)4)54-39(42(31)49-6)17-28(47)19-45/h21-22,25-26,28-45,47-48H,3-4,7-20H2,1-2,5-6H3/t21-,22+,25?,26?,28?,29?,30?,31?,32-,33?,34?,35?,36?,37+,38-,39?,40-,41?,42-,43?,44-/m1/s1. The highest BCUT2D eigenvalue weighted by Gasteiger charge is 2.58. The van der Waals surface area contributed by atoms with E-state index in [1.165, 1.54) is 0 Å². The van der Waals surface area contributed by atoms with Gasteiger partial charge in [-0.25, -0.2) is 0 Å². The second kappa shape index (κ2) is 17.4. The van der Waals surface area contributed by atoms with Crippen LogP contribution < -0.4 is 0 Å². The van der Waals surface area contributed by atoms with Gasteiger partial charge in [0.2, 0.25) is 0 Å². The third-order valence-electron chi connectivity index (χ3n) is 15.0. The van der Waals surface area contributed by atoms with E-state index in [0.29, 0.717) is 19.3 Å². The van der Waals surface area contributed by atoms with Crippen molar-refractivity contribution in [2.24, 2.45) is 29.6 Å². The molecular formula is C44H68O12. The molecule has 8 aliphatic rings. The molecule has 8 aliphatic heterocycles. The smallest absolute Gasteiger partial charge is 0.135 e. The summed E-state index contributed by atoms with van der Waals surface area (Å²) in [7, 11) is 1.63. The number of aliphatic hydroxyl groups is 3. The Labute approximate surface area is 332 Å². The van der Waals surface area contributed by atoms with Gasteiger partial charge in [0.05, 0.1) is 98.7 Å². The summed E-state index contributed by atoms with van der Waals surface area (Å²) in [5.41, 5.74) is 2.15. The number of methoxy groups -OCH3 is 1. The van der Waals surface area contributed by atoms with Crippen LogP contribution in [0.25, 0.3) is 0 Å². The van der Waals surface area contributed by atoms with Crippen molar-refractivity contribution in [2.75, 3.05) is 20.3 Å². The molecule has 0 aromatic heterocycles. The normalized spacial score (nSPS) is 50.7. The minimum atomic E-state index is -0.957. The summed E-state index contributed by atoms with van der Waals surface area (Å²) in [6, 6.07) is 0. The van der Waals surface area contributed by atoms with Crippen molar-refractivity contribution in [3.63, 3.8) is 0 Å². The van der Waals surface area contributed by atoms with Crippen LogP contribution in [0.1, 0.15) is 97.8 Å². The average molecular weight is 789 g/mol. The van der Waals surface area contributed by atoms with E-state index in [9.17, 15) is 20.1 Å². The Morgan fingerprint density at radius 3 is 2.34 bits per heavy atom. The van der Waals surface area contributed by atoms with Crippen LogP contribution >= 0.6 is 0 Å². The molecule has 0 radical (unpaired) electrons. The molecule has 8 saturated heterocycles. The molecule has 0 amide bonds. The Balaban J connectivity index is 1.05.